The molecule has 0 spiro atoms. The van der Waals surface area contributed by atoms with Crippen LogP contribution in [0.4, 0.5) is 0 Å². The summed E-state index contributed by atoms with van der Waals surface area (Å²) in [6, 6.07) is 7.09. The molecule has 7 nitrogen and oxygen atoms in total. The van der Waals surface area contributed by atoms with E-state index in [1.807, 2.05) is 30.5 Å². The van der Waals surface area contributed by atoms with Crippen LogP contribution in [-0.2, 0) is 20.8 Å². The summed E-state index contributed by atoms with van der Waals surface area (Å²) < 4.78 is 0. The Morgan fingerprint density at radius 2 is 1.90 bits per heavy atom. The number of allylic oxidation sites excluding steroid dienone is 2. The fourth-order valence-electron chi connectivity index (χ4n) is 4.09. The van der Waals surface area contributed by atoms with Gasteiger partial charge in [0.25, 0.3) is 0 Å². The summed E-state index contributed by atoms with van der Waals surface area (Å²) in [7, 11) is 1.75. The van der Waals surface area contributed by atoms with E-state index in [0.717, 1.165) is 42.1 Å². The van der Waals surface area contributed by atoms with Gasteiger partial charge in [-0.2, -0.15) is 0 Å². The average molecular weight is 426 g/mol. The third-order valence-electron chi connectivity index (χ3n) is 5.84. The molecule has 0 radical (unpaired) electrons. The number of rotatable bonds is 4. The number of nitrogens with zero attached hydrogens (tertiary/aromatic N) is 1. The summed E-state index contributed by atoms with van der Waals surface area (Å²) in [6.45, 7) is 0.599. The maximum absolute atomic E-state index is 13.2. The van der Waals surface area contributed by atoms with Gasteiger partial charge in [-0.05, 0) is 43.7 Å². The maximum Gasteiger partial charge on any atom is 0.304 e. The van der Waals surface area contributed by atoms with Crippen LogP contribution >= 0.6 is 0 Å². The number of carbonyl (C=O) groups is 3. The van der Waals surface area contributed by atoms with Gasteiger partial charge in [-0.3, -0.25) is 14.4 Å². The molecule has 1 aliphatic rings. The molecule has 1 aromatic heterocycles. The first kappa shape index (κ1) is 22.6. The molecule has 2 heterocycles. The number of aromatic amines is 1. The van der Waals surface area contributed by atoms with Crippen LogP contribution < -0.4 is 5.32 Å². The van der Waals surface area contributed by atoms with Crippen LogP contribution in [0.25, 0.3) is 10.9 Å². The Morgan fingerprint density at radius 3 is 2.68 bits per heavy atom. The summed E-state index contributed by atoms with van der Waals surface area (Å²) >= 11 is 0. The molecule has 2 atom stereocenters. The van der Waals surface area contributed by atoms with Crippen LogP contribution in [0.15, 0.2) is 42.6 Å². The Morgan fingerprint density at radius 1 is 1.16 bits per heavy atom. The predicted molar refractivity (Wildman–Crippen MR) is 120 cm³/mol. The molecule has 2 aromatic rings. The quantitative estimate of drug-likeness (QED) is 0.654. The van der Waals surface area contributed by atoms with Gasteiger partial charge in [0.1, 0.15) is 6.04 Å². The summed E-state index contributed by atoms with van der Waals surface area (Å²) in [5, 5.41) is 13.2. The molecule has 31 heavy (non-hydrogen) atoms. The number of hydrogen-bond donors (Lipinski definition) is 3. The second-order valence-corrected chi connectivity index (χ2v) is 8.22. The molecule has 0 saturated heterocycles. The second-order valence-electron chi connectivity index (χ2n) is 8.22. The molecule has 3 rings (SSSR count). The molecular weight excluding hydrogens is 394 g/mol. The van der Waals surface area contributed by atoms with Gasteiger partial charge in [0, 0.05) is 43.0 Å². The number of carbonyl (C=O) groups excluding carboxylic acids is 2. The largest absolute Gasteiger partial charge is 0.481 e. The van der Waals surface area contributed by atoms with Crippen LogP contribution in [0, 0.1) is 5.92 Å². The smallest absolute Gasteiger partial charge is 0.304 e. The standard InChI is InChI=1S/C24H31N3O4/c1-27-13-9-5-3-2-4-6-10-17(15-22(28)29)23(30)26-21(24(27)31)14-18-16-25-20-12-8-7-11-19(18)20/h2-3,7-8,11-12,16-17,21,25H,4-6,9-10,13-15H2,1H3,(H,26,30)(H,28,29). The van der Waals surface area contributed by atoms with Crippen LogP contribution in [0.1, 0.15) is 44.1 Å². The van der Waals surface area contributed by atoms with Crippen molar-refractivity contribution in [3.8, 4) is 0 Å². The number of amides is 2. The maximum atomic E-state index is 13.2. The van der Waals surface area contributed by atoms with Crippen molar-refractivity contribution in [3.05, 3.63) is 48.2 Å². The fraction of sp³-hybridized carbons (Fsp3) is 0.458. The molecule has 166 valence electrons. The zero-order chi connectivity index (χ0) is 22.2. The van der Waals surface area contributed by atoms with Gasteiger partial charge in [0.15, 0.2) is 0 Å². The lowest BCUT2D eigenvalue weighted by atomic mass is 9.95. The molecule has 1 aliphatic heterocycles. The number of aromatic nitrogens is 1. The molecule has 1 aromatic carbocycles. The molecule has 0 fully saturated rings. The number of carboxylic acids is 1. The zero-order valence-corrected chi connectivity index (χ0v) is 18.0. The predicted octanol–water partition coefficient (Wildman–Crippen LogP) is 3.26. The van der Waals surface area contributed by atoms with E-state index in [4.69, 9.17) is 0 Å². The highest BCUT2D eigenvalue weighted by Gasteiger charge is 2.29. The van der Waals surface area contributed by atoms with Crippen molar-refractivity contribution in [2.45, 2.75) is 51.0 Å². The first-order chi connectivity index (χ1) is 15.0. The minimum Gasteiger partial charge on any atom is -0.481 e. The first-order valence-corrected chi connectivity index (χ1v) is 10.9. The minimum absolute atomic E-state index is 0.159. The van der Waals surface area contributed by atoms with Gasteiger partial charge < -0.3 is 20.3 Å². The lowest BCUT2D eigenvalue weighted by Crippen LogP contribution is -2.50. The Labute approximate surface area is 182 Å². The number of H-pyrrole nitrogens is 1. The van der Waals surface area contributed by atoms with Gasteiger partial charge in [0.05, 0.1) is 6.42 Å². The molecule has 0 bridgehead atoms. The number of carboxylic acid groups (broad SMARTS) is 1. The molecular formula is C24H31N3O4. The van der Waals surface area contributed by atoms with Crippen molar-refractivity contribution >= 4 is 28.7 Å². The normalized spacial score (nSPS) is 21.6. The molecule has 0 saturated carbocycles. The van der Waals surface area contributed by atoms with Gasteiger partial charge in [-0.15, -0.1) is 0 Å². The van der Waals surface area contributed by atoms with Gasteiger partial charge in [-0.25, -0.2) is 0 Å². The number of benzene rings is 1. The van der Waals surface area contributed by atoms with E-state index in [1.54, 1.807) is 11.9 Å². The van der Waals surface area contributed by atoms with Gasteiger partial charge in [-0.1, -0.05) is 30.4 Å². The Hall–Kier alpha value is -3.09. The SMILES string of the molecule is CN1CCCC=CCCCC(CC(=O)O)C(=O)NC(Cc2c[nH]c3ccccc23)C1=O. The van der Waals surface area contributed by atoms with Gasteiger partial charge >= 0.3 is 5.97 Å². The molecule has 7 heteroatoms. The van der Waals surface area contributed by atoms with E-state index in [-0.39, 0.29) is 18.2 Å². The Kier molecular flexibility index (Phi) is 7.87. The average Bonchev–Trinajstić information content (AvgIpc) is 3.15. The highest BCUT2D eigenvalue weighted by molar-refractivity contribution is 5.91. The van der Waals surface area contributed by atoms with E-state index >= 15 is 0 Å². The third-order valence-corrected chi connectivity index (χ3v) is 5.84. The summed E-state index contributed by atoms with van der Waals surface area (Å²) in [5.41, 5.74) is 1.92. The highest BCUT2D eigenvalue weighted by atomic mass is 16.4. The number of nitrogens with one attached hydrogen (secondary N) is 2. The van der Waals surface area contributed by atoms with Crippen molar-refractivity contribution in [1.82, 2.24) is 15.2 Å². The third kappa shape index (κ3) is 6.20. The molecule has 0 aliphatic carbocycles. The van der Waals surface area contributed by atoms with Crippen molar-refractivity contribution in [2.24, 2.45) is 5.92 Å². The number of hydrogen-bond acceptors (Lipinski definition) is 3. The zero-order valence-electron chi connectivity index (χ0n) is 18.0. The lowest BCUT2D eigenvalue weighted by molar-refractivity contribution is -0.142. The Bertz CT molecular complexity index is 949. The molecule has 2 amide bonds. The van der Waals surface area contributed by atoms with Crippen LogP contribution in [0.5, 0.6) is 0 Å². The number of fused-ring (bicyclic) bond motifs is 1. The van der Waals surface area contributed by atoms with E-state index in [2.05, 4.69) is 22.5 Å². The number of likely N-dealkylation sites (N-methyl/N-ethyl adjacent to an activating group) is 1. The van der Waals surface area contributed by atoms with Crippen molar-refractivity contribution < 1.29 is 19.5 Å². The monoisotopic (exact) mass is 425 g/mol. The summed E-state index contributed by atoms with van der Waals surface area (Å²) in [5.74, 6) is -2.19. The second kappa shape index (κ2) is 10.8. The van der Waals surface area contributed by atoms with Crippen molar-refractivity contribution in [3.63, 3.8) is 0 Å². The number of para-hydroxylation sites is 1. The summed E-state index contributed by atoms with van der Waals surface area (Å²) in [4.78, 5) is 42.4. The topological polar surface area (TPSA) is 102 Å². The Balaban J connectivity index is 1.86. The van der Waals surface area contributed by atoms with Crippen LogP contribution in [-0.4, -0.2) is 52.4 Å². The van der Waals surface area contributed by atoms with Crippen LogP contribution in [0.3, 0.4) is 0 Å². The number of aliphatic carboxylic acids is 1. The lowest BCUT2D eigenvalue weighted by Gasteiger charge is -2.26. The van der Waals surface area contributed by atoms with E-state index < -0.39 is 17.9 Å². The highest BCUT2D eigenvalue weighted by Crippen LogP contribution is 2.21. The summed E-state index contributed by atoms with van der Waals surface area (Å²) in [6.07, 6.45) is 9.92. The van der Waals surface area contributed by atoms with Crippen molar-refractivity contribution in [2.75, 3.05) is 13.6 Å². The first-order valence-electron chi connectivity index (χ1n) is 10.9. The minimum atomic E-state index is -1.01. The van der Waals surface area contributed by atoms with E-state index in [0.29, 0.717) is 19.4 Å². The van der Waals surface area contributed by atoms with Gasteiger partial charge in [0.2, 0.25) is 11.8 Å². The van der Waals surface area contributed by atoms with E-state index in [1.165, 1.54) is 0 Å². The van der Waals surface area contributed by atoms with Crippen molar-refractivity contribution in [1.29, 1.82) is 0 Å². The van der Waals surface area contributed by atoms with Crippen LogP contribution in [0.2, 0.25) is 0 Å². The molecule has 2 unspecified atom stereocenters. The fourth-order valence-corrected chi connectivity index (χ4v) is 4.09. The van der Waals surface area contributed by atoms with E-state index in [9.17, 15) is 19.5 Å². The molecule has 3 N–H and O–H groups in total.